The predicted octanol–water partition coefficient (Wildman–Crippen LogP) is 5.26. The number of hydrogen-bond donors (Lipinski definition) is 2. The average molecular weight is 536 g/mol. The van der Waals surface area contributed by atoms with Crippen LogP contribution in [0.5, 0.6) is 0 Å². The second-order valence-electron chi connectivity index (χ2n) is 11.4. The molecule has 0 spiro atoms. The van der Waals surface area contributed by atoms with Gasteiger partial charge in [0, 0.05) is 11.5 Å². The van der Waals surface area contributed by atoms with Crippen LogP contribution in [0.2, 0.25) is 0 Å². The maximum absolute atomic E-state index is 13.5. The molecule has 8 heteroatoms. The van der Waals surface area contributed by atoms with E-state index in [0.29, 0.717) is 25.7 Å². The van der Waals surface area contributed by atoms with E-state index in [1.807, 2.05) is 42.1 Å². The number of rotatable bonds is 8. The molecule has 3 aliphatic carbocycles. The third-order valence-electron chi connectivity index (χ3n) is 8.99. The Kier molecular flexibility index (Phi) is 6.13. The van der Waals surface area contributed by atoms with Crippen molar-refractivity contribution in [3.63, 3.8) is 0 Å². The van der Waals surface area contributed by atoms with E-state index in [4.69, 9.17) is 0 Å². The summed E-state index contributed by atoms with van der Waals surface area (Å²) in [6.07, 6.45) is 8.90. The van der Waals surface area contributed by atoms with Gasteiger partial charge in [0.05, 0.1) is 28.4 Å². The van der Waals surface area contributed by atoms with Crippen molar-refractivity contribution in [2.45, 2.75) is 75.7 Å². The molecule has 38 heavy (non-hydrogen) atoms. The summed E-state index contributed by atoms with van der Waals surface area (Å²) in [5.41, 5.74) is 4.82. The van der Waals surface area contributed by atoms with Crippen LogP contribution < -0.4 is 4.72 Å². The quantitative estimate of drug-likeness (QED) is 0.412. The largest absolute Gasteiger partial charge is 0.389 e. The molecule has 0 saturated heterocycles. The van der Waals surface area contributed by atoms with Crippen LogP contribution >= 0.6 is 0 Å². The zero-order valence-electron chi connectivity index (χ0n) is 21.8. The Hall–Kier alpha value is -2.81. The summed E-state index contributed by atoms with van der Waals surface area (Å²) in [7, 11) is -3.30. The van der Waals surface area contributed by atoms with E-state index in [2.05, 4.69) is 22.8 Å². The van der Waals surface area contributed by atoms with Crippen molar-refractivity contribution in [2.24, 2.45) is 5.41 Å². The Morgan fingerprint density at radius 2 is 1.92 bits per heavy atom. The summed E-state index contributed by atoms with van der Waals surface area (Å²) in [6, 6.07) is 13.9. The molecule has 2 aromatic carbocycles. The number of aromatic nitrogens is 2. The van der Waals surface area contributed by atoms with Gasteiger partial charge in [0.2, 0.25) is 10.0 Å². The fourth-order valence-corrected chi connectivity index (χ4v) is 8.00. The molecule has 2 N–H and O–H groups in total. The lowest BCUT2D eigenvalue weighted by molar-refractivity contribution is -0.0462. The number of benzene rings is 2. The van der Waals surface area contributed by atoms with Crippen LogP contribution in [0.15, 0.2) is 60.3 Å². The zero-order valence-corrected chi connectivity index (χ0v) is 22.6. The molecule has 0 aliphatic heterocycles. The van der Waals surface area contributed by atoms with Crippen molar-refractivity contribution in [1.29, 1.82) is 0 Å². The minimum atomic E-state index is -3.30. The lowest BCUT2D eigenvalue weighted by atomic mass is 9.65. The molecule has 3 aromatic rings. The van der Waals surface area contributed by atoms with E-state index in [0.717, 1.165) is 47.3 Å². The first-order chi connectivity index (χ1) is 18.1. The van der Waals surface area contributed by atoms with Gasteiger partial charge in [-0.3, -0.25) is 0 Å². The van der Waals surface area contributed by atoms with Gasteiger partial charge in [0.15, 0.2) is 0 Å². The van der Waals surface area contributed by atoms with Gasteiger partial charge in [0.25, 0.3) is 0 Å². The van der Waals surface area contributed by atoms with Crippen LogP contribution in [0, 0.1) is 11.2 Å². The summed E-state index contributed by atoms with van der Waals surface area (Å²) in [5.74, 6) is -0.280. The highest BCUT2D eigenvalue weighted by atomic mass is 32.2. The van der Waals surface area contributed by atoms with E-state index in [1.54, 1.807) is 12.1 Å². The normalized spacial score (nSPS) is 25.5. The summed E-state index contributed by atoms with van der Waals surface area (Å²) < 4.78 is 43.2. The summed E-state index contributed by atoms with van der Waals surface area (Å²) in [4.78, 5) is 0. The van der Waals surface area contributed by atoms with Crippen LogP contribution in [0.1, 0.15) is 74.4 Å². The molecule has 0 bridgehead atoms. The lowest BCUT2D eigenvalue weighted by Gasteiger charge is -2.42. The van der Waals surface area contributed by atoms with Gasteiger partial charge in [-0.2, -0.15) is 5.10 Å². The Labute approximate surface area is 223 Å². The van der Waals surface area contributed by atoms with Crippen LogP contribution in [0.4, 0.5) is 4.39 Å². The van der Waals surface area contributed by atoms with Crippen molar-refractivity contribution in [3.8, 4) is 5.69 Å². The van der Waals surface area contributed by atoms with Gasteiger partial charge in [-0.25, -0.2) is 22.2 Å². The Morgan fingerprint density at radius 1 is 1.18 bits per heavy atom. The first-order valence-electron chi connectivity index (χ1n) is 13.4. The maximum Gasteiger partial charge on any atom is 0.215 e. The Morgan fingerprint density at radius 3 is 2.66 bits per heavy atom. The Balaban J connectivity index is 1.22. The number of hydrogen-bond acceptors (Lipinski definition) is 4. The monoisotopic (exact) mass is 535 g/mol. The number of aryl methyl sites for hydroxylation is 1. The number of nitrogens with one attached hydrogen (secondary N) is 1. The molecule has 6 rings (SSSR count). The SMILES string of the molecule is C[C@@H](NS(=O)(=O)C1CC1)c1ccccc1CC[C@]1(O)CCC2=Cc3c(cnn3-c3ccc(F)cc3)CC21C. The standard InChI is InChI=1S/C30H34FN3O3S/c1-20(33-38(36,37)26-11-12-26)27-6-4-3-5-21(27)13-15-30(35)16-14-23-17-28-22(18-29(23,30)2)19-32-34(28)25-9-7-24(31)8-10-25/h3-10,17,19-20,26,33,35H,11-16,18H2,1-2H3/t20-,29?,30+/m1/s1. The molecular weight excluding hydrogens is 501 g/mol. The molecule has 2 fully saturated rings. The van der Waals surface area contributed by atoms with Crippen LogP contribution in [0.3, 0.4) is 0 Å². The second-order valence-corrected chi connectivity index (χ2v) is 13.4. The lowest BCUT2D eigenvalue weighted by Crippen LogP contribution is -2.45. The molecule has 3 aliphatic rings. The molecule has 3 atom stereocenters. The number of fused-ring (bicyclic) bond motifs is 2. The molecule has 1 aromatic heterocycles. The minimum absolute atomic E-state index is 0.259. The fraction of sp³-hybridized carbons (Fsp3) is 0.433. The maximum atomic E-state index is 13.5. The fourth-order valence-electron chi connectivity index (χ4n) is 6.43. The number of aliphatic hydroxyl groups is 1. The average Bonchev–Trinajstić information content (AvgIpc) is 3.64. The molecule has 6 nitrogen and oxygen atoms in total. The first-order valence-corrected chi connectivity index (χ1v) is 15.0. The number of sulfonamides is 1. The highest BCUT2D eigenvalue weighted by Gasteiger charge is 2.54. The number of nitrogens with zero attached hydrogens (tertiary/aromatic N) is 2. The van der Waals surface area contributed by atoms with Crippen molar-refractivity contribution in [1.82, 2.24) is 14.5 Å². The number of halogens is 1. The molecule has 200 valence electrons. The second kappa shape index (κ2) is 9.14. The zero-order chi connectivity index (χ0) is 26.7. The topological polar surface area (TPSA) is 84.2 Å². The first kappa shape index (κ1) is 25.5. The van der Waals surface area contributed by atoms with Crippen LogP contribution in [-0.4, -0.2) is 34.2 Å². The highest BCUT2D eigenvalue weighted by Crippen LogP contribution is 2.57. The van der Waals surface area contributed by atoms with Crippen molar-refractivity contribution in [3.05, 3.63) is 88.5 Å². The van der Waals surface area contributed by atoms with E-state index >= 15 is 0 Å². The van der Waals surface area contributed by atoms with Crippen molar-refractivity contribution in [2.75, 3.05) is 0 Å². The molecule has 1 unspecified atom stereocenters. The molecule has 0 amide bonds. The van der Waals surface area contributed by atoms with Gasteiger partial charge in [0.1, 0.15) is 5.82 Å². The van der Waals surface area contributed by atoms with Gasteiger partial charge in [-0.15, -0.1) is 0 Å². The van der Waals surface area contributed by atoms with E-state index in [-0.39, 0.29) is 17.1 Å². The van der Waals surface area contributed by atoms with E-state index < -0.39 is 21.0 Å². The smallest absolute Gasteiger partial charge is 0.215 e. The van der Waals surface area contributed by atoms with Crippen molar-refractivity contribution >= 4 is 16.1 Å². The summed E-state index contributed by atoms with van der Waals surface area (Å²) in [5, 5.41) is 16.4. The van der Waals surface area contributed by atoms with Crippen molar-refractivity contribution < 1.29 is 17.9 Å². The van der Waals surface area contributed by atoms with Crippen LogP contribution in [-0.2, 0) is 22.9 Å². The molecule has 2 saturated carbocycles. The van der Waals surface area contributed by atoms with Gasteiger partial charge < -0.3 is 5.11 Å². The summed E-state index contributed by atoms with van der Waals surface area (Å²) >= 11 is 0. The minimum Gasteiger partial charge on any atom is -0.389 e. The summed E-state index contributed by atoms with van der Waals surface area (Å²) in [6.45, 7) is 4.05. The highest BCUT2D eigenvalue weighted by molar-refractivity contribution is 7.90. The van der Waals surface area contributed by atoms with E-state index in [9.17, 15) is 17.9 Å². The Bertz CT molecular complexity index is 1510. The molecule has 0 radical (unpaired) electrons. The molecule has 1 heterocycles. The molecular formula is C30H34FN3O3S. The third kappa shape index (κ3) is 4.32. The van der Waals surface area contributed by atoms with Crippen LogP contribution in [0.25, 0.3) is 11.8 Å². The van der Waals surface area contributed by atoms with Gasteiger partial charge in [-0.05, 0) is 98.9 Å². The third-order valence-corrected chi connectivity index (χ3v) is 11.0. The van der Waals surface area contributed by atoms with E-state index in [1.165, 1.54) is 17.7 Å². The van der Waals surface area contributed by atoms with Gasteiger partial charge in [-0.1, -0.05) is 36.8 Å². The van der Waals surface area contributed by atoms with Gasteiger partial charge >= 0.3 is 0 Å². The predicted molar refractivity (Wildman–Crippen MR) is 146 cm³/mol.